The second-order valence-corrected chi connectivity index (χ2v) is 5.78. The zero-order valence-electron chi connectivity index (χ0n) is 10.7. The maximum absolute atomic E-state index is 11.5. The third-order valence-corrected chi connectivity index (χ3v) is 3.71. The van der Waals surface area contributed by atoms with E-state index in [-0.39, 0.29) is 12.5 Å². The van der Waals surface area contributed by atoms with Gasteiger partial charge in [0.05, 0.1) is 5.92 Å². The molecule has 0 aliphatic carbocycles. The summed E-state index contributed by atoms with van der Waals surface area (Å²) in [6.07, 6.45) is 2.15. The number of thiophene rings is 1. The Morgan fingerprint density at radius 2 is 2.17 bits per heavy atom. The third kappa shape index (κ3) is 5.31. The summed E-state index contributed by atoms with van der Waals surface area (Å²) in [5, 5.41) is 11.3. The second kappa shape index (κ2) is 7.16. The van der Waals surface area contributed by atoms with Gasteiger partial charge in [-0.05, 0) is 31.9 Å². The molecular weight excluding hydrogens is 250 g/mol. The van der Waals surface area contributed by atoms with Crippen LogP contribution in [0.2, 0.25) is 0 Å². The van der Waals surface area contributed by atoms with Crippen LogP contribution in [0.25, 0.3) is 0 Å². The topological polar surface area (TPSA) is 66.4 Å². The Bertz CT molecular complexity index is 414. The van der Waals surface area contributed by atoms with Crippen LogP contribution in [0.4, 0.5) is 0 Å². The third-order valence-electron chi connectivity index (χ3n) is 2.65. The molecule has 2 N–H and O–H groups in total. The van der Waals surface area contributed by atoms with Gasteiger partial charge in [-0.15, -0.1) is 11.3 Å². The van der Waals surface area contributed by atoms with E-state index >= 15 is 0 Å². The first-order chi connectivity index (χ1) is 8.49. The first kappa shape index (κ1) is 14.7. The zero-order valence-corrected chi connectivity index (χ0v) is 11.5. The number of hydrogen-bond acceptors (Lipinski definition) is 3. The minimum Gasteiger partial charge on any atom is -0.481 e. The largest absolute Gasteiger partial charge is 0.481 e. The Balaban J connectivity index is 2.15. The molecule has 0 radical (unpaired) electrons. The van der Waals surface area contributed by atoms with Crippen LogP contribution in [-0.4, -0.2) is 23.5 Å². The Morgan fingerprint density at radius 1 is 1.44 bits per heavy atom. The molecule has 0 fully saturated rings. The van der Waals surface area contributed by atoms with Gasteiger partial charge in [0.25, 0.3) is 0 Å². The van der Waals surface area contributed by atoms with Crippen molar-refractivity contribution >= 4 is 23.2 Å². The number of aryl methyl sites for hydroxylation is 2. The maximum atomic E-state index is 11.5. The van der Waals surface area contributed by atoms with Gasteiger partial charge in [-0.2, -0.15) is 0 Å². The highest BCUT2D eigenvalue weighted by Crippen LogP contribution is 2.17. The van der Waals surface area contributed by atoms with Crippen molar-refractivity contribution in [3.8, 4) is 0 Å². The minimum atomic E-state index is -0.885. The molecule has 0 bridgehead atoms. The molecule has 0 aliphatic heterocycles. The highest BCUT2D eigenvalue weighted by Gasteiger charge is 2.11. The van der Waals surface area contributed by atoms with Gasteiger partial charge < -0.3 is 10.4 Å². The quantitative estimate of drug-likeness (QED) is 0.797. The molecule has 1 heterocycles. The number of carbonyl (C=O) groups is 2. The van der Waals surface area contributed by atoms with Crippen LogP contribution >= 0.6 is 11.3 Å². The number of carbonyl (C=O) groups excluding carboxylic acids is 1. The average Bonchev–Trinajstić information content (AvgIpc) is 2.71. The van der Waals surface area contributed by atoms with E-state index < -0.39 is 11.9 Å². The highest BCUT2D eigenvalue weighted by molar-refractivity contribution is 7.11. The van der Waals surface area contributed by atoms with Gasteiger partial charge in [0, 0.05) is 22.7 Å². The van der Waals surface area contributed by atoms with E-state index in [0.29, 0.717) is 6.42 Å². The molecule has 1 aromatic heterocycles. The lowest BCUT2D eigenvalue weighted by atomic mass is 10.1. The smallest absolute Gasteiger partial charge is 0.308 e. The molecule has 1 rings (SSSR count). The Labute approximate surface area is 111 Å². The molecule has 0 spiro atoms. The zero-order chi connectivity index (χ0) is 13.5. The molecule has 0 saturated heterocycles. The van der Waals surface area contributed by atoms with Crippen molar-refractivity contribution < 1.29 is 14.7 Å². The van der Waals surface area contributed by atoms with Gasteiger partial charge in [-0.3, -0.25) is 9.59 Å². The fraction of sp³-hybridized carbons (Fsp3) is 0.538. The Morgan fingerprint density at radius 3 is 2.72 bits per heavy atom. The van der Waals surface area contributed by atoms with Gasteiger partial charge in [-0.25, -0.2) is 0 Å². The predicted molar refractivity (Wildman–Crippen MR) is 71.8 cm³/mol. The molecule has 1 amide bonds. The Kier molecular flexibility index (Phi) is 5.85. The molecular formula is C13H19NO3S. The average molecular weight is 269 g/mol. The molecule has 0 saturated carbocycles. The lowest BCUT2D eigenvalue weighted by molar-refractivity contribution is -0.141. The monoisotopic (exact) mass is 269 g/mol. The minimum absolute atomic E-state index is 0.0728. The summed E-state index contributed by atoms with van der Waals surface area (Å²) in [6, 6.07) is 4.17. The molecule has 5 heteroatoms. The number of rotatable bonds is 7. The van der Waals surface area contributed by atoms with Crippen LogP contribution < -0.4 is 5.32 Å². The maximum Gasteiger partial charge on any atom is 0.308 e. The van der Waals surface area contributed by atoms with Crippen molar-refractivity contribution in [2.45, 2.75) is 33.1 Å². The van der Waals surface area contributed by atoms with Gasteiger partial charge in [-0.1, -0.05) is 6.92 Å². The first-order valence-electron chi connectivity index (χ1n) is 6.04. The normalized spacial score (nSPS) is 12.1. The summed E-state index contributed by atoms with van der Waals surface area (Å²) in [6.45, 7) is 3.84. The van der Waals surface area contributed by atoms with Crippen molar-refractivity contribution in [1.29, 1.82) is 0 Å². The van der Waals surface area contributed by atoms with E-state index in [1.807, 2.05) is 0 Å². The standard InChI is InChI=1S/C13H19NO3S/c1-9(13(16)17)8-14-12(15)5-3-4-11-7-6-10(2)18-11/h6-7,9H,3-5,8H2,1-2H3,(H,14,15)(H,16,17). The van der Waals surface area contributed by atoms with Crippen molar-refractivity contribution in [3.63, 3.8) is 0 Å². The van der Waals surface area contributed by atoms with Crippen LogP contribution in [0, 0.1) is 12.8 Å². The highest BCUT2D eigenvalue weighted by atomic mass is 32.1. The first-order valence-corrected chi connectivity index (χ1v) is 6.85. The summed E-state index contributed by atoms with van der Waals surface area (Å²) in [5.41, 5.74) is 0. The van der Waals surface area contributed by atoms with Crippen LogP contribution in [0.3, 0.4) is 0 Å². The summed E-state index contributed by atoms with van der Waals surface area (Å²) >= 11 is 1.75. The molecule has 1 atom stereocenters. The van der Waals surface area contributed by atoms with Gasteiger partial charge >= 0.3 is 5.97 Å². The number of hydrogen-bond donors (Lipinski definition) is 2. The molecule has 4 nitrogen and oxygen atoms in total. The Hall–Kier alpha value is -1.36. The SMILES string of the molecule is Cc1ccc(CCCC(=O)NCC(C)C(=O)O)s1. The lowest BCUT2D eigenvalue weighted by Crippen LogP contribution is -2.31. The number of aliphatic carboxylic acids is 1. The van der Waals surface area contributed by atoms with Crippen LogP contribution in [-0.2, 0) is 16.0 Å². The molecule has 1 aromatic rings. The van der Waals surface area contributed by atoms with Crippen LogP contribution in [0.15, 0.2) is 12.1 Å². The molecule has 100 valence electrons. The fourth-order valence-corrected chi connectivity index (χ4v) is 2.42. The summed E-state index contributed by atoms with van der Waals surface area (Å²) in [5.74, 6) is -1.49. The van der Waals surface area contributed by atoms with E-state index in [9.17, 15) is 9.59 Å². The summed E-state index contributed by atoms with van der Waals surface area (Å²) in [7, 11) is 0. The lowest BCUT2D eigenvalue weighted by Gasteiger charge is -2.07. The number of carboxylic acids is 1. The van der Waals surface area contributed by atoms with Crippen molar-refractivity contribution in [3.05, 3.63) is 21.9 Å². The summed E-state index contributed by atoms with van der Waals surface area (Å²) in [4.78, 5) is 24.6. The van der Waals surface area contributed by atoms with E-state index in [1.165, 1.54) is 9.75 Å². The van der Waals surface area contributed by atoms with Gasteiger partial charge in [0.15, 0.2) is 0 Å². The van der Waals surface area contributed by atoms with Crippen molar-refractivity contribution in [2.24, 2.45) is 5.92 Å². The predicted octanol–water partition coefficient (Wildman–Crippen LogP) is 2.22. The molecule has 1 unspecified atom stereocenters. The van der Waals surface area contributed by atoms with Gasteiger partial charge in [0.1, 0.15) is 0 Å². The van der Waals surface area contributed by atoms with E-state index in [0.717, 1.165) is 12.8 Å². The van der Waals surface area contributed by atoms with E-state index in [1.54, 1.807) is 18.3 Å². The van der Waals surface area contributed by atoms with E-state index in [4.69, 9.17) is 5.11 Å². The van der Waals surface area contributed by atoms with Gasteiger partial charge in [0.2, 0.25) is 5.91 Å². The number of amides is 1. The van der Waals surface area contributed by atoms with Crippen LogP contribution in [0.1, 0.15) is 29.5 Å². The van der Waals surface area contributed by atoms with E-state index in [2.05, 4.69) is 24.4 Å². The summed E-state index contributed by atoms with van der Waals surface area (Å²) < 4.78 is 0. The van der Waals surface area contributed by atoms with Crippen molar-refractivity contribution in [1.82, 2.24) is 5.32 Å². The van der Waals surface area contributed by atoms with Crippen LogP contribution in [0.5, 0.6) is 0 Å². The second-order valence-electron chi connectivity index (χ2n) is 4.41. The van der Waals surface area contributed by atoms with Crippen molar-refractivity contribution in [2.75, 3.05) is 6.54 Å². The molecule has 0 aliphatic rings. The molecule has 0 aromatic carbocycles. The molecule has 18 heavy (non-hydrogen) atoms. The number of nitrogens with one attached hydrogen (secondary N) is 1. The number of carboxylic acid groups (broad SMARTS) is 1. The fourth-order valence-electron chi connectivity index (χ4n) is 1.49.